The maximum absolute atomic E-state index is 12.5. The molecule has 0 spiro atoms. The fraction of sp³-hybridized carbons (Fsp3) is 0.667. The van der Waals surface area contributed by atoms with Crippen molar-refractivity contribution in [1.82, 2.24) is 14.9 Å². The summed E-state index contributed by atoms with van der Waals surface area (Å²) in [5, 5.41) is 0. The first kappa shape index (κ1) is 14.3. The molecular weight excluding hydrogens is 270 g/mol. The number of hydrogen-bond acceptors (Lipinski definition) is 5. The van der Waals surface area contributed by atoms with Crippen LogP contribution in [0.4, 0.5) is 0 Å². The Morgan fingerprint density at radius 2 is 2.14 bits per heavy atom. The maximum atomic E-state index is 12.5. The largest absolute Gasteiger partial charge is 0.471 e. The third kappa shape index (κ3) is 3.69. The number of rotatable bonds is 3. The summed E-state index contributed by atoms with van der Waals surface area (Å²) < 4.78 is 11.2. The lowest BCUT2D eigenvalue weighted by Crippen LogP contribution is -2.47. The van der Waals surface area contributed by atoms with Gasteiger partial charge in [-0.15, -0.1) is 0 Å². The summed E-state index contributed by atoms with van der Waals surface area (Å²) in [5.41, 5.74) is 0. The summed E-state index contributed by atoms with van der Waals surface area (Å²) in [6, 6.07) is 0. The third-order valence-electron chi connectivity index (χ3n) is 4.09. The van der Waals surface area contributed by atoms with Gasteiger partial charge < -0.3 is 14.4 Å². The molecule has 0 saturated carbocycles. The zero-order chi connectivity index (χ0) is 14.5. The molecule has 1 atom stereocenters. The van der Waals surface area contributed by atoms with Crippen LogP contribution in [0.25, 0.3) is 0 Å². The van der Waals surface area contributed by atoms with Gasteiger partial charge in [0.2, 0.25) is 11.8 Å². The average Bonchev–Trinajstić information content (AvgIpc) is 2.56. The highest BCUT2D eigenvalue weighted by Crippen LogP contribution is 2.22. The molecule has 114 valence electrons. The van der Waals surface area contributed by atoms with Gasteiger partial charge in [-0.05, 0) is 25.7 Å². The zero-order valence-corrected chi connectivity index (χ0v) is 12.1. The first-order valence-corrected chi connectivity index (χ1v) is 7.62. The van der Waals surface area contributed by atoms with E-state index in [1.54, 1.807) is 18.6 Å². The van der Waals surface area contributed by atoms with Gasteiger partial charge in [-0.1, -0.05) is 0 Å². The van der Waals surface area contributed by atoms with Crippen molar-refractivity contribution < 1.29 is 14.3 Å². The fourth-order valence-corrected chi connectivity index (χ4v) is 2.95. The molecule has 21 heavy (non-hydrogen) atoms. The van der Waals surface area contributed by atoms with Crippen LogP contribution in [0, 0.1) is 5.92 Å². The number of ether oxygens (including phenoxy) is 2. The average molecular weight is 291 g/mol. The minimum Gasteiger partial charge on any atom is -0.471 e. The van der Waals surface area contributed by atoms with Crippen molar-refractivity contribution in [1.29, 1.82) is 0 Å². The van der Waals surface area contributed by atoms with Gasteiger partial charge in [-0.3, -0.25) is 9.78 Å². The van der Waals surface area contributed by atoms with Crippen molar-refractivity contribution in [2.45, 2.75) is 31.8 Å². The van der Waals surface area contributed by atoms with Crippen molar-refractivity contribution in [2.24, 2.45) is 5.92 Å². The van der Waals surface area contributed by atoms with E-state index in [0.717, 1.165) is 32.2 Å². The first-order valence-electron chi connectivity index (χ1n) is 7.62. The van der Waals surface area contributed by atoms with Crippen molar-refractivity contribution in [3.05, 3.63) is 18.6 Å². The SMILES string of the molecule is O=C(C1CCOCC1)N1CCCC(Oc2cnccn2)C1. The van der Waals surface area contributed by atoms with Crippen LogP contribution in [0.3, 0.4) is 0 Å². The Morgan fingerprint density at radius 1 is 1.29 bits per heavy atom. The summed E-state index contributed by atoms with van der Waals surface area (Å²) in [7, 11) is 0. The van der Waals surface area contributed by atoms with Gasteiger partial charge >= 0.3 is 0 Å². The van der Waals surface area contributed by atoms with Crippen LogP contribution in [-0.4, -0.2) is 53.2 Å². The number of likely N-dealkylation sites (tertiary alicyclic amines) is 1. The van der Waals surface area contributed by atoms with Gasteiger partial charge in [0.1, 0.15) is 6.10 Å². The van der Waals surface area contributed by atoms with Crippen LogP contribution >= 0.6 is 0 Å². The van der Waals surface area contributed by atoms with Gasteiger partial charge in [0.25, 0.3) is 0 Å². The Morgan fingerprint density at radius 3 is 2.90 bits per heavy atom. The van der Waals surface area contributed by atoms with E-state index < -0.39 is 0 Å². The van der Waals surface area contributed by atoms with Crippen LogP contribution in [-0.2, 0) is 9.53 Å². The van der Waals surface area contributed by atoms with Crippen molar-refractivity contribution in [2.75, 3.05) is 26.3 Å². The molecule has 0 aliphatic carbocycles. The van der Waals surface area contributed by atoms with E-state index in [2.05, 4.69) is 9.97 Å². The number of carbonyl (C=O) groups is 1. The Labute approximate surface area is 124 Å². The van der Waals surface area contributed by atoms with E-state index in [0.29, 0.717) is 25.6 Å². The van der Waals surface area contributed by atoms with Crippen LogP contribution in [0.5, 0.6) is 5.88 Å². The smallest absolute Gasteiger partial charge is 0.232 e. The Hall–Kier alpha value is -1.69. The number of hydrogen-bond donors (Lipinski definition) is 0. The van der Waals surface area contributed by atoms with Crippen molar-refractivity contribution in [3.8, 4) is 5.88 Å². The summed E-state index contributed by atoms with van der Waals surface area (Å²) in [6.45, 7) is 2.87. The zero-order valence-electron chi connectivity index (χ0n) is 12.1. The van der Waals surface area contributed by atoms with Gasteiger partial charge in [-0.2, -0.15) is 0 Å². The van der Waals surface area contributed by atoms with E-state index in [-0.39, 0.29) is 17.9 Å². The monoisotopic (exact) mass is 291 g/mol. The molecule has 2 aliphatic rings. The second kappa shape index (κ2) is 6.85. The Kier molecular flexibility index (Phi) is 4.65. The molecule has 2 saturated heterocycles. The highest BCUT2D eigenvalue weighted by atomic mass is 16.5. The minimum absolute atomic E-state index is 0.0132. The molecule has 6 heteroatoms. The van der Waals surface area contributed by atoms with Crippen LogP contribution < -0.4 is 4.74 Å². The van der Waals surface area contributed by atoms with Gasteiger partial charge in [0, 0.05) is 38.1 Å². The maximum Gasteiger partial charge on any atom is 0.232 e. The van der Waals surface area contributed by atoms with Crippen LogP contribution in [0.1, 0.15) is 25.7 Å². The molecule has 3 rings (SSSR count). The highest BCUT2D eigenvalue weighted by Gasteiger charge is 2.30. The quantitative estimate of drug-likeness (QED) is 0.839. The fourth-order valence-electron chi connectivity index (χ4n) is 2.95. The molecule has 0 bridgehead atoms. The summed E-state index contributed by atoms with van der Waals surface area (Å²) >= 11 is 0. The number of carbonyl (C=O) groups excluding carboxylic acids is 1. The summed E-state index contributed by atoms with van der Waals surface area (Å²) in [4.78, 5) is 22.6. The number of amides is 1. The number of nitrogens with zero attached hydrogens (tertiary/aromatic N) is 3. The van der Waals surface area contributed by atoms with Crippen molar-refractivity contribution in [3.63, 3.8) is 0 Å². The lowest BCUT2D eigenvalue weighted by molar-refractivity contribution is -0.141. The predicted octanol–water partition coefficient (Wildman–Crippen LogP) is 1.27. The second-order valence-electron chi connectivity index (χ2n) is 5.60. The molecule has 0 N–H and O–H groups in total. The van der Waals surface area contributed by atoms with E-state index in [4.69, 9.17) is 9.47 Å². The van der Waals surface area contributed by atoms with Gasteiger partial charge in [0.15, 0.2) is 0 Å². The minimum atomic E-state index is 0.0132. The van der Waals surface area contributed by atoms with Crippen LogP contribution in [0.15, 0.2) is 18.6 Å². The summed E-state index contributed by atoms with van der Waals surface area (Å²) in [6.07, 6.45) is 8.46. The standard InChI is InChI=1S/C15H21N3O3/c19-15(12-3-8-20-9-4-12)18-7-1-2-13(11-18)21-14-10-16-5-6-17-14/h5-6,10,12-13H,1-4,7-9,11H2. The second-order valence-corrected chi connectivity index (χ2v) is 5.60. The molecule has 2 fully saturated rings. The normalized spacial score (nSPS) is 23.8. The number of piperidine rings is 1. The lowest BCUT2D eigenvalue weighted by atomic mass is 9.97. The van der Waals surface area contributed by atoms with E-state index in [1.807, 2.05) is 4.90 Å². The van der Waals surface area contributed by atoms with Gasteiger partial charge in [-0.25, -0.2) is 4.98 Å². The van der Waals surface area contributed by atoms with Gasteiger partial charge in [0.05, 0.1) is 12.7 Å². The predicted molar refractivity (Wildman–Crippen MR) is 75.8 cm³/mol. The molecule has 1 amide bonds. The highest BCUT2D eigenvalue weighted by molar-refractivity contribution is 5.79. The first-order chi connectivity index (χ1) is 10.3. The van der Waals surface area contributed by atoms with Crippen molar-refractivity contribution >= 4 is 5.91 Å². The van der Waals surface area contributed by atoms with E-state index in [1.165, 1.54) is 0 Å². The Balaban J connectivity index is 1.56. The third-order valence-corrected chi connectivity index (χ3v) is 4.09. The van der Waals surface area contributed by atoms with E-state index >= 15 is 0 Å². The molecule has 0 aromatic carbocycles. The molecule has 6 nitrogen and oxygen atoms in total. The Bertz CT molecular complexity index is 462. The molecule has 0 radical (unpaired) electrons. The summed E-state index contributed by atoms with van der Waals surface area (Å²) in [5.74, 6) is 0.905. The van der Waals surface area contributed by atoms with Crippen LogP contribution in [0.2, 0.25) is 0 Å². The molecule has 1 aromatic rings. The molecular formula is C15H21N3O3. The topological polar surface area (TPSA) is 64.5 Å². The molecule has 2 aliphatic heterocycles. The molecule has 1 unspecified atom stereocenters. The van der Waals surface area contributed by atoms with E-state index in [9.17, 15) is 4.79 Å². The molecule has 3 heterocycles. The molecule has 1 aromatic heterocycles. The number of aromatic nitrogens is 2. The lowest BCUT2D eigenvalue weighted by Gasteiger charge is -2.35.